The Morgan fingerprint density at radius 2 is 2.00 bits per heavy atom. The van der Waals surface area contributed by atoms with E-state index in [4.69, 9.17) is 4.74 Å². The van der Waals surface area contributed by atoms with Crippen molar-refractivity contribution in [1.29, 1.82) is 0 Å². The van der Waals surface area contributed by atoms with Gasteiger partial charge in [0.15, 0.2) is 0 Å². The fourth-order valence-corrected chi connectivity index (χ4v) is 3.45. The molecular weight excluding hydrogens is 255 g/mol. The van der Waals surface area contributed by atoms with Gasteiger partial charge in [0.1, 0.15) is 11.9 Å². The molecule has 0 bridgehead atoms. The minimum Gasteiger partial charge on any atom is -0.487 e. The average Bonchev–Trinajstić information content (AvgIpc) is 3.01. The van der Waals surface area contributed by atoms with Gasteiger partial charge in [0, 0.05) is 11.0 Å². The van der Waals surface area contributed by atoms with Crippen LogP contribution in [0.5, 0.6) is 5.75 Å². The van der Waals surface area contributed by atoms with E-state index in [2.05, 4.69) is 5.32 Å². The largest absolute Gasteiger partial charge is 0.487 e. The second-order valence-electron chi connectivity index (χ2n) is 5.83. The summed E-state index contributed by atoms with van der Waals surface area (Å²) >= 11 is 0. The van der Waals surface area contributed by atoms with Gasteiger partial charge in [-0.15, -0.1) is 0 Å². The molecule has 1 aromatic rings. The second-order valence-corrected chi connectivity index (χ2v) is 5.83. The molecule has 2 fully saturated rings. The lowest BCUT2D eigenvalue weighted by molar-refractivity contribution is -0.137. The highest BCUT2D eigenvalue weighted by molar-refractivity contribution is 5.46. The first-order valence-electron chi connectivity index (χ1n) is 6.61. The molecule has 2 heterocycles. The molecule has 1 N–H and O–H groups in total. The van der Waals surface area contributed by atoms with Crippen LogP contribution in [0.2, 0.25) is 0 Å². The van der Waals surface area contributed by atoms with E-state index < -0.39 is 11.7 Å². The van der Waals surface area contributed by atoms with Gasteiger partial charge in [-0.25, -0.2) is 0 Å². The van der Waals surface area contributed by atoms with E-state index in [1.807, 2.05) is 0 Å². The zero-order valence-corrected chi connectivity index (χ0v) is 10.3. The average molecular weight is 269 g/mol. The molecule has 1 saturated heterocycles. The van der Waals surface area contributed by atoms with Crippen molar-refractivity contribution in [3.8, 4) is 5.75 Å². The molecule has 0 aromatic heterocycles. The first-order valence-corrected chi connectivity index (χ1v) is 6.61. The van der Waals surface area contributed by atoms with Crippen LogP contribution in [-0.4, -0.2) is 12.6 Å². The van der Waals surface area contributed by atoms with Gasteiger partial charge >= 0.3 is 6.18 Å². The first-order chi connectivity index (χ1) is 9.00. The predicted octanol–water partition coefficient (Wildman–Crippen LogP) is 3.28. The Hall–Kier alpha value is -1.23. The third-order valence-electron chi connectivity index (χ3n) is 4.72. The predicted molar refractivity (Wildman–Crippen MR) is 62.9 cm³/mol. The number of ether oxygens (including phenoxy) is 1. The van der Waals surface area contributed by atoms with E-state index in [1.165, 1.54) is 0 Å². The van der Waals surface area contributed by atoms with Gasteiger partial charge < -0.3 is 10.1 Å². The van der Waals surface area contributed by atoms with Gasteiger partial charge in [-0.05, 0) is 37.9 Å². The summed E-state index contributed by atoms with van der Waals surface area (Å²) in [6.07, 6.45) is -0.961. The molecule has 19 heavy (non-hydrogen) atoms. The molecule has 0 radical (unpaired) electrons. The highest BCUT2D eigenvalue weighted by Crippen LogP contribution is 2.60. The molecule has 1 aromatic carbocycles. The normalized spacial score (nSPS) is 30.7. The van der Waals surface area contributed by atoms with E-state index in [0.717, 1.165) is 43.5 Å². The van der Waals surface area contributed by atoms with E-state index in [9.17, 15) is 13.2 Å². The maximum Gasteiger partial charge on any atom is 0.416 e. The molecule has 1 aliphatic carbocycles. The molecule has 3 aliphatic rings. The van der Waals surface area contributed by atoms with Crippen molar-refractivity contribution in [2.24, 2.45) is 5.41 Å². The Bertz CT molecular complexity index is 536. The van der Waals surface area contributed by atoms with Crippen molar-refractivity contribution < 1.29 is 17.9 Å². The molecule has 0 unspecified atom stereocenters. The van der Waals surface area contributed by atoms with E-state index in [-0.39, 0.29) is 17.6 Å². The quantitative estimate of drug-likeness (QED) is 0.780. The van der Waals surface area contributed by atoms with Crippen LogP contribution in [0.4, 0.5) is 13.2 Å². The number of halogens is 3. The van der Waals surface area contributed by atoms with Crippen LogP contribution in [-0.2, 0) is 6.18 Å². The van der Waals surface area contributed by atoms with Gasteiger partial charge in [0.05, 0.1) is 11.6 Å². The van der Waals surface area contributed by atoms with Crippen LogP contribution in [0.3, 0.4) is 0 Å². The van der Waals surface area contributed by atoms with Gasteiger partial charge in [-0.3, -0.25) is 0 Å². The summed E-state index contributed by atoms with van der Waals surface area (Å²) in [6.45, 7) is 0.922. The van der Waals surface area contributed by atoms with E-state index >= 15 is 0 Å². The SMILES string of the molecule is FC(F)(F)c1ccc2c(c1)O[C@@H]1[C@H]2NCCC12CC2. The number of rotatable bonds is 0. The molecule has 5 heteroatoms. The number of benzene rings is 1. The fourth-order valence-electron chi connectivity index (χ4n) is 3.45. The third-order valence-corrected chi connectivity index (χ3v) is 4.72. The summed E-state index contributed by atoms with van der Waals surface area (Å²) in [5.74, 6) is 0.408. The summed E-state index contributed by atoms with van der Waals surface area (Å²) in [4.78, 5) is 0. The smallest absolute Gasteiger partial charge is 0.416 e. The summed E-state index contributed by atoms with van der Waals surface area (Å²) in [7, 11) is 0. The minimum absolute atomic E-state index is 0.0136. The van der Waals surface area contributed by atoms with E-state index in [1.54, 1.807) is 6.07 Å². The minimum atomic E-state index is -4.31. The topological polar surface area (TPSA) is 21.3 Å². The van der Waals surface area contributed by atoms with Crippen LogP contribution in [0.15, 0.2) is 18.2 Å². The molecule has 2 nitrogen and oxygen atoms in total. The van der Waals surface area contributed by atoms with Crippen LogP contribution in [0, 0.1) is 5.41 Å². The molecule has 102 valence electrons. The highest BCUT2D eigenvalue weighted by atomic mass is 19.4. The monoisotopic (exact) mass is 269 g/mol. The number of hydrogen-bond acceptors (Lipinski definition) is 2. The van der Waals surface area contributed by atoms with Crippen molar-refractivity contribution in [3.05, 3.63) is 29.3 Å². The molecule has 2 atom stereocenters. The summed E-state index contributed by atoms with van der Waals surface area (Å²) in [5, 5.41) is 3.38. The molecule has 1 spiro atoms. The van der Waals surface area contributed by atoms with Crippen molar-refractivity contribution in [3.63, 3.8) is 0 Å². The highest BCUT2D eigenvalue weighted by Gasteiger charge is 2.58. The maximum absolute atomic E-state index is 12.7. The molecular formula is C14H14F3NO. The van der Waals surface area contributed by atoms with Gasteiger partial charge in [-0.1, -0.05) is 6.07 Å². The summed E-state index contributed by atoms with van der Waals surface area (Å²) < 4.78 is 44.0. The Morgan fingerprint density at radius 1 is 1.21 bits per heavy atom. The fraction of sp³-hybridized carbons (Fsp3) is 0.571. The van der Waals surface area contributed by atoms with Crippen molar-refractivity contribution in [2.45, 2.75) is 37.6 Å². The third kappa shape index (κ3) is 1.60. The lowest BCUT2D eigenvalue weighted by atomic mass is 9.84. The Balaban J connectivity index is 1.73. The number of piperidine rings is 1. The van der Waals surface area contributed by atoms with Crippen molar-refractivity contribution in [1.82, 2.24) is 5.32 Å². The summed E-state index contributed by atoms with van der Waals surface area (Å²) in [6, 6.07) is 3.93. The zero-order valence-electron chi connectivity index (χ0n) is 10.3. The number of nitrogens with one attached hydrogen (secondary N) is 1. The van der Waals surface area contributed by atoms with Crippen molar-refractivity contribution >= 4 is 0 Å². The maximum atomic E-state index is 12.7. The number of fused-ring (bicyclic) bond motifs is 4. The zero-order chi connectivity index (χ0) is 13.3. The standard InChI is InChI=1S/C14H14F3NO/c15-14(16,17)8-1-2-9-10(7-8)19-12-11(9)18-6-5-13(12)3-4-13/h1-2,7,11-12,18H,3-6H2/t11-,12+/m0/s1. The Labute approximate surface area is 108 Å². The Kier molecular flexibility index (Phi) is 2.10. The van der Waals surface area contributed by atoms with Crippen LogP contribution in [0.25, 0.3) is 0 Å². The van der Waals surface area contributed by atoms with E-state index in [0.29, 0.717) is 5.75 Å². The number of alkyl halides is 3. The van der Waals surface area contributed by atoms with Crippen LogP contribution < -0.4 is 10.1 Å². The molecule has 4 rings (SSSR count). The second kappa shape index (κ2) is 3.45. The molecule has 1 saturated carbocycles. The lowest BCUT2D eigenvalue weighted by Gasteiger charge is -2.33. The first kappa shape index (κ1) is 11.6. The van der Waals surface area contributed by atoms with Crippen LogP contribution in [0.1, 0.15) is 36.4 Å². The Morgan fingerprint density at radius 3 is 2.68 bits per heavy atom. The summed E-state index contributed by atoms with van der Waals surface area (Å²) in [5.41, 5.74) is 0.464. The van der Waals surface area contributed by atoms with Crippen molar-refractivity contribution in [2.75, 3.05) is 6.54 Å². The van der Waals surface area contributed by atoms with Gasteiger partial charge in [-0.2, -0.15) is 13.2 Å². The lowest BCUT2D eigenvalue weighted by Crippen LogP contribution is -2.44. The number of hydrogen-bond donors (Lipinski definition) is 1. The molecule has 2 aliphatic heterocycles. The molecule has 0 amide bonds. The van der Waals surface area contributed by atoms with Crippen LogP contribution >= 0.6 is 0 Å². The van der Waals surface area contributed by atoms with Gasteiger partial charge in [0.25, 0.3) is 0 Å². The van der Waals surface area contributed by atoms with Gasteiger partial charge in [0.2, 0.25) is 0 Å².